The van der Waals surface area contributed by atoms with E-state index in [0.29, 0.717) is 12.2 Å². The van der Waals surface area contributed by atoms with Gasteiger partial charge >= 0.3 is 12.1 Å². The summed E-state index contributed by atoms with van der Waals surface area (Å²) in [6.45, 7) is 0.0787. The summed E-state index contributed by atoms with van der Waals surface area (Å²) >= 11 is 1.52. The third-order valence-electron chi connectivity index (χ3n) is 4.33. The normalized spacial score (nSPS) is 12.4. The van der Waals surface area contributed by atoms with E-state index >= 15 is 0 Å². The number of rotatable bonds is 11. The van der Waals surface area contributed by atoms with Gasteiger partial charge in [-0.3, -0.25) is 4.79 Å². The number of amides is 2. The lowest BCUT2D eigenvalue weighted by molar-refractivity contribution is -0.142. The Morgan fingerprint density at radius 1 is 0.933 bits per heavy atom. The minimum atomic E-state index is -1.14. The lowest BCUT2D eigenvalue weighted by Gasteiger charge is -2.21. The Balaban J connectivity index is 1.96. The number of carboxylic acids is 1. The fourth-order valence-electron chi connectivity index (χ4n) is 2.73. The van der Waals surface area contributed by atoms with Crippen molar-refractivity contribution >= 4 is 29.7 Å². The number of carbonyl (C=O) groups excluding carboxylic acids is 2. The molecule has 0 radical (unpaired) electrons. The number of hydrogen-bond donors (Lipinski definition) is 3. The molecule has 0 spiro atoms. The molecule has 0 aliphatic heterocycles. The van der Waals surface area contributed by atoms with E-state index < -0.39 is 30.1 Å². The van der Waals surface area contributed by atoms with Crippen molar-refractivity contribution < 1.29 is 24.2 Å². The minimum Gasteiger partial charge on any atom is -0.480 e. The Kier molecular flexibility index (Phi) is 9.73. The standard InChI is InChI=1S/C22H26N2O5S/c1-30-13-12-18(24-22(28)29-15-17-10-6-3-7-11-17)20(25)23-19(21(26)27)14-16-8-4-2-5-9-16/h2-11,18-19H,12-15H2,1H3,(H,23,25)(H,24,28)(H,26,27)/t18-,19+/m0/s1. The van der Waals surface area contributed by atoms with Gasteiger partial charge in [-0.05, 0) is 29.6 Å². The maximum atomic E-state index is 12.7. The SMILES string of the molecule is CSCC[C@H](NC(=O)OCc1ccccc1)C(=O)N[C@H](Cc1ccccc1)C(=O)O. The van der Waals surface area contributed by atoms with Gasteiger partial charge in [0.2, 0.25) is 5.91 Å². The zero-order valence-corrected chi connectivity index (χ0v) is 17.6. The largest absolute Gasteiger partial charge is 0.480 e. The number of benzene rings is 2. The fourth-order valence-corrected chi connectivity index (χ4v) is 3.21. The van der Waals surface area contributed by atoms with Gasteiger partial charge < -0.3 is 20.5 Å². The highest BCUT2D eigenvalue weighted by Gasteiger charge is 2.27. The fraction of sp³-hybridized carbons (Fsp3) is 0.318. The van der Waals surface area contributed by atoms with Gasteiger partial charge in [0.1, 0.15) is 18.7 Å². The average Bonchev–Trinajstić information content (AvgIpc) is 2.76. The van der Waals surface area contributed by atoms with E-state index in [0.717, 1.165) is 11.1 Å². The van der Waals surface area contributed by atoms with Crippen LogP contribution in [0.1, 0.15) is 17.5 Å². The van der Waals surface area contributed by atoms with Crippen LogP contribution < -0.4 is 10.6 Å². The highest BCUT2D eigenvalue weighted by Crippen LogP contribution is 2.07. The second-order valence-electron chi connectivity index (χ2n) is 6.63. The van der Waals surface area contributed by atoms with Crippen molar-refractivity contribution in [1.29, 1.82) is 0 Å². The van der Waals surface area contributed by atoms with Crippen LogP contribution in [0.15, 0.2) is 60.7 Å². The molecule has 2 aromatic carbocycles. The number of hydrogen-bond acceptors (Lipinski definition) is 5. The number of thioether (sulfide) groups is 1. The molecular weight excluding hydrogens is 404 g/mol. The summed E-state index contributed by atoms with van der Waals surface area (Å²) in [5.41, 5.74) is 1.62. The van der Waals surface area contributed by atoms with Crippen LogP contribution >= 0.6 is 11.8 Å². The van der Waals surface area contributed by atoms with Crippen LogP contribution in [0.25, 0.3) is 0 Å². The summed E-state index contributed by atoms with van der Waals surface area (Å²) in [5, 5.41) is 14.6. The lowest BCUT2D eigenvalue weighted by Crippen LogP contribution is -2.52. The smallest absolute Gasteiger partial charge is 0.408 e. The zero-order valence-electron chi connectivity index (χ0n) is 16.7. The van der Waals surface area contributed by atoms with E-state index in [-0.39, 0.29) is 13.0 Å². The summed E-state index contributed by atoms with van der Waals surface area (Å²) in [6, 6.07) is 16.2. The van der Waals surface area contributed by atoms with E-state index in [2.05, 4.69) is 10.6 Å². The van der Waals surface area contributed by atoms with Crippen LogP contribution in [-0.4, -0.2) is 47.2 Å². The Hall–Kier alpha value is -3.00. The topological polar surface area (TPSA) is 105 Å². The van der Waals surface area contributed by atoms with Crippen molar-refractivity contribution in [3.63, 3.8) is 0 Å². The van der Waals surface area contributed by atoms with Crippen molar-refractivity contribution in [2.45, 2.75) is 31.5 Å². The second-order valence-corrected chi connectivity index (χ2v) is 7.61. The molecule has 0 unspecified atom stereocenters. The highest BCUT2D eigenvalue weighted by atomic mass is 32.2. The molecule has 3 N–H and O–H groups in total. The van der Waals surface area contributed by atoms with Gasteiger partial charge in [0.05, 0.1) is 0 Å². The molecule has 2 rings (SSSR count). The van der Waals surface area contributed by atoms with Crippen LogP contribution in [0.3, 0.4) is 0 Å². The summed E-state index contributed by atoms with van der Waals surface area (Å²) in [6.07, 6.45) is 1.66. The van der Waals surface area contributed by atoms with Crippen LogP contribution in [0.4, 0.5) is 4.79 Å². The van der Waals surface area contributed by atoms with Gasteiger partial charge in [-0.1, -0.05) is 60.7 Å². The van der Waals surface area contributed by atoms with Gasteiger partial charge in [0.25, 0.3) is 0 Å². The summed E-state index contributed by atoms with van der Waals surface area (Å²) in [5.74, 6) is -1.07. The molecular formula is C22H26N2O5S. The second kappa shape index (κ2) is 12.5. The van der Waals surface area contributed by atoms with Crippen molar-refractivity contribution in [2.24, 2.45) is 0 Å². The third kappa shape index (κ3) is 8.16. The first-order valence-electron chi connectivity index (χ1n) is 9.53. The number of carbonyl (C=O) groups is 3. The Labute approximate surface area is 180 Å². The number of carboxylic acid groups (broad SMARTS) is 1. The monoisotopic (exact) mass is 430 g/mol. The minimum absolute atomic E-state index is 0.0787. The van der Waals surface area contributed by atoms with E-state index in [9.17, 15) is 19.5 Å². The van der Waals surface area contributed by atoms with E-state index in [4.69, 9.17) is 4.74 Å². The molecule has 0 heterocycles. The molecule has 0 fully saturated rings. The summed E-state index contributed by atoms with van der Waals surface area (Å²) in [7, 11) is 0. The van der Waals surface area contributed by atoms with Crippen molar-refractivity contribution in [3.8, 4) is 0 Å². The molecule has 8 heteroatoms. The summed E-state index contributed by atoms with van der Waals surface area (Å²) < 4.78 is 5.18. The van der Waals surface area contributed by atoms with Crippen LogP contribution in [0, 0.1) is 0 Å². The van der Waals surface area contributed by atoms with Gasteiger partial charge in [-0.25, -0.2) is 9.59 Å². The number of nitrogens with one attached hydrogen (secondary N) is 2. The van der Waals surface area contributed by atoms with Crippen molar-refractivity contribution in [3.05, 3.63) is 71.8 Å². The van der Waals surface area contributed by atoms with E-state index in [1.54, 1.807) is 12.1 Å². The Morgan fingerprint density at radius 2 is 1.53 bits per heavy atom. The summed E-state index contributed by atoms with van der Waals surface area (Å²) in [4.78, 5) is 36.5. The van der Waals surface area contributed by atoms with Crippen LogP contribution in [0.5, 0.6) is 0 Å². The number of alkyl carbamates (subject to hydrolysis) is 1. The molecule has 0 aromatic heterocycles. The molecule has 2 aromatic rings. The van der Waals surface area contributed by atoms with Crippen LogP contribution in [-0.2, 0) is 27.4 Å². The molecule has 160 valence electrons. The maximum absolute atomic E-state index is 12.7. The van der Waals surface area contributed by atoms with E-state index in [1.807, 2.05) is 54.8 Å². The van der Waals surface area contributed by atoms with Crippen LogP contribution in [0.2, 0.25) is 0 Å². The number of ether oxygens (including phenoxy) is 1. The first-order chi connectivity index (χ1) is 14.5. The van der Waals surface area contributed by atoms with Gasteiger partial charge in [0, 0.05) is 6.42 Å². The maximum Gasteiger partial charge on any atom is 0.408 e. The highest BCUT2D eigenvalue weighted by molar-refractivity contribution is 7.98. The molecule has 0 aliphatic carbocycles. The lowest BCUT2D eigenvalue weighted by atomic mass is 10.1. The first-order valence-corrected chi connectivity index (χ1v) is 10.9. The third-order valence-corrected chi connectivity index (χ3v) is 4.97. The predicted molar refractivity (Wildman–Crippen MR) is 116 cm³/mol. The van der Waals surface area contributed by atoms with Gasteiger partial charge in [0.15, 0.2) is 0 Å². The zero-order chi connectivity index (χ0) is 21.8. The molecule has 0 saturated heterocycles. The molecule has 2 amide bonds. The first kappa shape index (κ1) is 23.3. The molecule has 0 bridgehead atoms. The Bertz CT molecular complexity index is 817. The Morgan fingerprint density at radius 3 is 2.10 bits per heavy atom. The molecule has 30 heavy (non-hydrogen) atoms. The average molecular weight is 431 g/mol. The molecule has 0 aliphatic rings. The number of aliphatic carboxylic acids is 1. The van der Waals surface area contributed by atoms with Gasteiger partial charge in [-0.15, -0.1) is 0 Å². The van der Waals surface area contributed by atoms with Crippen molar-refractivity contribution in [2.75, 3.05) is 12.0 Å². The molecule has 7 nitrogen and oxygen atoms in total. The van der Waals surface area contributed by atoms with Gasteiger partial charge in [-0.2, -0.15) is 11.8 Å². The molecule has 2 atom stereocenters. The van der Waals surface area contributed by atoms with Crippen molar-refractivity contribution in [1.82, 2.24) is 10.6 Å². The van der Waals surface area contributed by atoms with E-state index in [1.165, 1.54) is 11.8 Å². The molecule has 0 saturated carbocycles. The predicted octanol–water partition coefficient (Wildman–Crippen LogP) is 2.85. The quantitative estimate of drug-likeness (QED) is 0.506.